The number of hydrogen-bond donors (Lipinski definition) is 0. The summed E-state index contributed by atoms with van der Waals surface area (Å²) in [6, 6.07) is 42.1. The van der Waals surface area contributed by atoms with Crippen LogP contribution in [0.15, 0.2) is 109 Å². The normalized spacial score (nSPS) is 10.5. The highest BCUT2D eigenvalue weighted by molar-refractivity contribution is 7.21. The second-order valence-electron chi connectivity index (χ2n) is 9.04. The maximum absolute atomic E-state index is 9.41. The van der Waals surface area contributed by atoms with Crippen LogP contribution in [-0.4, -0.2) is 4.98 Å². The lowest BCUT2D eigenvalue weighted by molar-refractivity contribution is 1.43. The fraction of sp³-hybridized carbons (Fsp3) is 0. The fourth-order valence-electron chi connectivity index (χ4n) is 4.59. The molecule has 0 N–H and O–H groups in total. The lowest BCUT2D eigenvalue weighted by Crippen LogP contribution is -1.88. The van der Waals surface area contributed by atoms with Crippen molar-refractivity contribution < 1.29 is 0 Å². The zero-order valence-corrected chi connectivity index (χ0v) is 21.4. The summed E-state index contributed by atoms with van der Waals surface area (Å²) in [5.74, 6) is 0. The molecule has 39 heavy (non-hydrogen) atoms. The van der Waals surface area contributed by atoms with Crippen molar-refractivity contribution >= 4 is 21.6 Å². The quantitative estimate of drug-likeness (QED) is 0.236. The Hall–Kier alpha value is -5.54. The molecule has 0 fully saturated rings. The van der Waals surface area contributed by atoms with Gasteiger partial charge in [0.25, 0.3) is 0 Å². The Labute approximate surface area is 229 Å². The Bertz CT molecular complexity index is 1950. The average molecular weight is 515 g/mol. The van der Waals surface area contributed by atoms with Crippen LogP contribution in [0.2, 0.25) is 0 Å². The van der Waals surface area contributed by atoms with E-state index in [4.69, 9.17) is 4.98 Å². The highest BCUT2D eigenvalue weighted by Crippen LogP contribution is 2.37. The van der Waals surface area contributed by atoms with Gasteiger partial charge in [-0.15, -0.1) is 11.3 Å². The summed E-state index contributed by atoms with van der Waals surface area (Å²) in [7, 11) is 0. The van der Waals surface area contributed by atoms with E-state index in [-0.39, 0.29) is 0 Å². The molecule has 0 unspecified atom stereocenters. The number of benzene rings is 5. The molecule has 0 aliphatic carbocycles. The van der Waals surface area contributed by atoms with Gasteiger partial charge in [-0.1, -0.05) is 54.6 Å². The number of nitrogens with zero attached hydrogens (tertiary/aromatic N) is 4. The summed E-state index contributed by atoms with van der Waals surface area (Å²) in [5.41, 5.74) is 9.40. The van der Waals surface area contributed by atoms with Crippen molar-refractivity contribution in [2.45, 2.75) is 0 Å². The highest BCUT2D eigenvalue weighted by Gasteiger charge is 2.12. The molecule has 4 nitrogen and oxygen atoms in total. The summed E-state index contributed by atoms with van der Waals surface area (Å²) >= 11 is 1.67. The topological polar surface area (TPSA) is 84.3 Å². The zero-order chi connectivity index (χ0) is 26.8. The second kappa shape index (κ2) is 10.1. The van der Waals surface area contributed by atoms with Crippen LogP contribution in [0, 0.1) is 34.0 Å². The van der Waals surface area contributed by atoms with Gasteiger partial charge in [0.1, 0.15) is 17.1 Å². The summed E-state index contributed by atoms with van der Waals surface area (Å²) in [6.45, 7) is 0. The van der Waals surface area contributed by atoms with Crippen LogP contribution in [0.3, 0.4) is 0 Å². The van der Waals surface area contributed by atoms with Crippen LogP contribution in [-0.2, 0) is 0 Å². The lowest BCUT2D eigenvalue weighted by Gasteiger charge is -2.11. The van der Waals surface area contributed by atoms with E-state index in [1.165, 1.54) is 0 Å². The van der Waals surface area contributed by atoms with Crippen LogP contribution >= 0.6 is 11.3 Å². The predicted molar refractivity (Wildman–Crippen MR) is 156 cm³/mol. The molecular formula is C34H18N4S. The molecule has 1 aromatic heterocycles. The SMILES string of the molecule is N#Cc1ccc(-c2cc(-c3ccc(-c4ccc(C#N)c(C#N)c4)cc3)cc(-c3nc4ccccc4s3)c2)cc1. The van der Waals surface area contributed by atoms with E-state index in [1.807, 2.05) is 60.7 Å². The number of fused-ring (bicyclic) bond motifs is 1. The molecule has 0 spiro atoms. The Balaban J connectivity index is 1.44. The van der Waals surface area contributed by atoms with Crippen molar-refractivity contribution in [3.8, 4) is 62.2 Å². The van der Waals surface area contributed by atoms with Crippen LogP contribution in [0.1, 0.15) is 16.7 Å². The maximum Gasteiger partial charge on any atom is 0.124 e. The number of aromatic nitrogens is 1. The first kappa shape index (κ1) is 23.8. The van der Waals surface area contributed by atoms with Crippen molar-refractivity contribution in [2.24, 2.45) is 0 Å². The van der Waals surface area contributed by atoms with Crippen LogP contribution in [0.4, 0.5) is 0 Å². The maximum atomic E-state index is 9.41. The molecular weight excluding hydrogens is 496 g/mol. The van der Waals surface area contributed by atoms with Gasteiger partial charge in [0.15, 0.2) is 0 Å². The van der Waals surface area contributed by atoms with E-state index in [0.29, 0.717) is 16.7 Å². The van der Waals surface area contributed by atoms with Gasteiger partial charge in [-0.05, 0) is 88.0 Å². The van der Waals surface area contributed by atoms with Crippen molar-refractivity contribution in [3.05, 3.63) is 126 Å². The largest absolute Gasteiger partial charge is 0.236 e. The molecule has 0 bridgehead atoms. The lowest BCUT2D eigenvalue weighted by atomic mass is 9.94. The monoisotopic (exact) mass is 514 g/mol. The molecule has 0 aliphatic heterocycles. The first-order chi connectivity index (χ1) is 19.1. The van der Waals surface area contributed by atoms with E-state index in [9.17, 15) is 15.8 Å². The standard InChI is InChI=1S/C34H18N4S/c35-19-22-5-7-24(8-6-22)28-16-29(18-30(17-28)34-38-32-3-1-2-4-33(32)39-34)25-11-9-23(10-12-25)26-13-14-27(20-36)31(15-26)21-37/h1-18H. The molecule has 0 radical (unpaired) electrons. The van der Waals surface area contributed by atoms with Crippen LogP contribution < -0.4 is 0 Å². The van der Waals surface area contributed by atoms with Gasteiger partial charge in [-0.3, -0.25) is 0 Å². The number of thiazole rings is 1. The van der Waals surface area contributed by atoms with Crippen molar-refractivity contribution in [1.82, 2.24) is 4.98 Å². The first-order valence-corrected chi connectivity index (χ1v) is 13.0. The molecule has 1 heterocycles. The summed E-state index contributed by atoms with van der Waals surface area (Å²) < 4.78 is 1.14. The molecule has 5 aromatic carbocycles. The van der Waals surface area contributed by atoms with E-state index >= 15 is 0 Å². The minimum absolute atomic E-state index is 0.370. The van der Waals surface area contributed by atoms with Crippen LogP contribution in [0.25, 0.3) is 54.2 Å². The molecule has 6 aromatic rings. The van der Waals surface area contributed by atoms with E-state index in [0.717, 1.165) is 54.2 Å². The second-order valence-corrected chi connectivity index (χ2v) is 10.1. The molecule has 0 aliphatic rings. The van der Waals surface area contributed by atoms with Gasteiger partial charge in [0.2, 0.25) is 0 Å². The molecule has 5 heteroatoms. The van der Waals surface area contributed by atoms with E-state index in [2.05, 4.69) is 54.6 Å². The van der Waals surface area contributed by atoms with Crippen molar-refractivity contribution in [3.63, 3.8) is 0 Å². The number of para-hydroxylation sites is 1. The molecule has 6 rings (SSSR count). The van der Waals surface area contributed by atoms with E-state index in [1.54, 1.807) is 23.5 Å². The summed E-state index contributed by atoms with van der Waals surface area (Å²) in [4.78, 5) is 4.89. The average Bonchev–Trinajstić information content (AvgIpc) is 3.45. The first-order valence-electron chi connectivity index (χ1n) is 12.2. The van der Waals surface area contributed by atoms with Gasteiger partial charge >= 0.3 is 0 Å². The van der Waals surface area contributed by atoms with Crippen molar-refractivity contribution in [1.29, 1.82) is 15.8 Å². The third-order valence-electron chi connectivity index (χ3n) is 6.63. The van der Waals surface area contributed by atoms with Gasteiger partial charge < -0.3 is 0 Å². The number of hydrogen-bond acceptors (Lipinski definition) is 5. The molecule has 180 valence electrons. The van der Waals surface area contributed by atoms with Gasteiger partial charge in [0.05, 0.1) is 33.0 Å². The number of nitriles is 3. The van der Waals surface area contributed by atoms with Gasteiger partial charge in [0, 0.05) is 5.56 Å². The highest BCUT2D eigenvalue weighted by atomic mass is 32.1. The third kappa shape index (κ3) is 4.65. The number of rotatable bonds is 4. The predicted octanol–water partition coefficient (Wildman–Crippen LogP) is 8.58. The van der Waals surface area contributed by atoms with Crippen molar-refractivity contribution in [2.75, 3.05) is 0 Å². The Morgan fingerprint density at radius 2 is 1.05 bits per heavy atom. The Kier molecular flexibility index (Phi) is 6.16. The Morgan fingerprint density at radius 3 is 1.67 bits per heavy atom. The molecule has 0 atom stereocenters. The van der Waals surface area contributed by atoms with E-state index < -0.39 is 0 Å². The fourth-order valence-corrected chi connectivity index (χ4v) is 5.54. The molecule has 0 amide bonds. The summed E-state index contributed by atoms with van der Waals surface area (Å²) in [6.07, 6.45) is 0. The van der Waals surface area contributed by atoms with Gasteiger partial charge in [-0.25, -0.2) is 4.98 Å². The minimum atomic E-state index is 0.370. The third-order valence-corrected chi connectivity index (χ3v) is 7.72. The molecule has 0 saturated heterocycles. The summed E-state index contributed by atoms with van der Waals surface area (Å²) in [5, 5.41) is 28.8. The Morgan fingerprint density at radius 1 is 0.487 bits per heavy atom. The smallest absolute Gasteiger partial charge is 0.124 e. The molecule has 0 saturated carbocycles. The zero-order valence-electron chi connectivity index (χ0n) is 20.6. The van der Waals surface area contributed by atoms with Gasteiger partial charge in [-0.2, -0.15) is 15.8 Å². The minimum Gasteiger partial charge on any atom is -0.236 e. The van der Waals surface area contributed by atoms with Crippen LogP contribution in [0.5, 0.6) is 0 Å².